The fourth-order valence-electron chi connectivity index (χ4n) is 1.53. The summed E-state index contributed by atoms with van der Waals surface area (Å²) in [6, 6.07) is 7.69. The number of primary amides is 1. The lowest BCUT2D eigenvalue weighted by Crippen LogP contribution is -2.57. The minimum atomic E-state index is -0.835. The van der Waals surface area contributed by atoms with Crippen LogP contribution in [0.15, 0.2) is 24.3 Å². The van der Waals surface area contributed by atoms with Gasteiger partial charge in [0.05, 0.1) is 0 Å². The molecule has 0 aliphatic carbocycles. The molecule has 0 aromatic heterocycles. The fourth-order valence-corrected chi connectivity index (χ4v) is 1.53. The predicted octanol–water partition coefficient (Wildman–Crippen LogP) is 1.23. The summed E-state index contributed by atoms with van der Waals surface area (Å²) in [7, 11) is 0. The van der Waals surface area contributed by atoms with E-state index in [1.807, 2.05) is 38.1 Å². The molecule has 0 aliphatic rings. The van der Waals surface area contributed by atoms with Crippen molar-refractivity contribution in [1.29, 1.82) is 0 Å². The second-order valence-electron chi connectivity index (χ2n) is 4.33. The van der Waals surface area contributed by atoms with E-state index in [2.05, 4.69) is 5.32 Å². The topological polar surface area (TPSA) is 64.3 Å². The molecule has 4 nitrogen and oxygen atoms in total. The highest BCUT2D eigenvalue weighted by molar-refractivity contribution is 5.84. The first-order chi connectivity index (χ1) is 7.98. The summed E-state index contributed by atoms with van der Waals surface area (Å²) < 4.78 is 5.60. The molecule has 1 aromatic rings. The molecule has 0 spiro atoms. The molecule has 3 N–H and O–H groups in total. The summed E-state index contributed by atoms with van der Waals surface area (Å²) >= 11 is 0. The Morgan fingerprint density at radius 3 is 2.76 bits per heavy atom. The lowest BCUT2D eigenvalue weighted by atomic mass is 10.0. The number of hydrogen-bond donors (Lipinski definition) is 2. The van der Waals surface area contributed by atoms with Crippen LogP contribution in [-0.4, -0.2) is 24.6 Å². The number of likely N-dealkylation sites (N-methyl/N-ethyl adjacent to an activating group) is 1. The summed E-state index contributed by atoms with van der Waals surface area (Å²) in [4.78, 5) is 11.4. The monoisotopic (exact) mass is 236 g/mol. The highest BCUT2D eigenvalue weighted by Crippen LogP contribution is 2.14. The molecule has 4 heteroatoms. The Kier molecular flexibility index (Phi) is 4.52. The van der Waals surface area contributed by atoms with Gasteiger partial charge in [-0.25, -0.2) is 0 Å². The van der Waals surface area contributed by atoms with Crippen LogP contribution in [0.3, 0.4) is 0 Å². The van der Waals surface area contributed by atoms with Gasteiger partial charge in [-0.3, -0.25) is 4.79 Å². The number of ether oxygens (including phenoxy) is 1. The first-order valence-corrected chi connectivity index (χ1v) is 5.72. The van der Waals surface area contributed by atoms with Crippen molar-refractivity contribution in [2.24, 2.45) is 5.73 Å². The number of rotatable bonds is 6. The van der Waals surface area contributed by atoms with Crippen LogP contribution >= 0.6 is 0 Å². The number of nitrogens with one attached hydrogen (secondary N) is 1. The second-order valence-corrected chi connectivity index (χ2v) is 4.33. The van der Waals surface area contributed by atoms with Gasteiger partial charge in [-0.1, -0.05) is 19.1 Å². The van der Waals surface area contributed by atoms with E-state index in [1.165, 1.54) is 0 Å². The summed E-state index contributed by atoms with van der Waals surface area (Å²) in [5.74, 6) is 0.336. The average molecular weight is 236 g/mol. The van der Waals surface area contributed by atoms with Gasteiger partial charge in [0, 0.05) is 0 Å². The van der Waals surface area contributed by atoms with E-state index in [-0.39, 0.29) is 6.61 Å². The Balaban J connectivity index is 2.67. The largest absolute Gasteiger partial charge is 0.491 e. The van der Waals surface area contributed by atoms with Crippen molar-refractivity contribution in [1.82, 2.24) is 5.32 Å². The third-order valence-corrected chi connectivity index (χ3v) is 2.63. The number of benzene rings is 1. The van der Waals surface area contributed by atoms with E-state index >= 15 is 0 Å². The van der Waals surface area contributed by atoms with Crippen LogP contribution in [0.4, 0.5) is 0 Å². The van der Waals surface area contributed by atoms with E-state index < -0.39 is 11.4 Å². The van der Waals surface area contributed by atoms with Crippen molar-refractivity contribution in [2.75, 3.05) is 13.2 Å². The molecule has 0 aliphatic heterocycles. The Morgan fingerprint density at radius 2 is 2.24 bits per heavy atom. The molecule has 1 rings (SSSR count). The van der Waals surface area contributed by atoms with Crippen LogP contribution in [0, 0.1) is 6.92 Å². The second kappa shape index (κ2) is 5.68. The Hall–Kier alpha value is -1.55. The number of carbonyl (C=O) groups excluding carboxylic acids is 1. The van der Waals surface area contributed by atoms with Crippen LogP contribution in [-0.2, 0) is 4.79 Å². The average Bonchev–Trinajstić information content (AvgIpc) is 2.27. The number of amides is 1. The van der Waals surface area contributed by atoms with E-state index in [1.54, 1.807) is 6.92 Å². The molecule has 0 saturated heterocycles. The molecule has 1 aromatic carbocycles. The molecule has 0 radical (unpaired) electrons. The van der Waals surface area contributed by atoms with Crippen molar-refractivity contribution in [2.45, 2.75) is 26.3 Å². The van der Waals surface area contributed by atoms with E-state index in [9.17, 15) is 4.79 Å². The Labute approximate surface area is 102 Å². The third-order valence-electron chi connectivity index (χ3n) is 2.63. The maximum absolute atomic E-state index is 11.4. The van der Waals surface area contributed by atoms with Crippen molar-refractivity contribution >= 4 is 5.91 Å². The maximum Gasteiger partial charge on any atom is 0.240 e. The molecule has 1 atom stereocenters. The Bertz CT molecular complexity index is 393. The minimum Gasteiger partial charge on any atom is -0.491 e. The summed E-state index contributed by atoms with van der Waals surface area (Å²) in [5, 5.41) is 3.04. The van der Waals surface area contributed by atoms with Gasteiger partial charge >= 0.3 is 0 Å². The van der Waals surface area contributed by atoms with E-state index in [0.717, 1.165) is 11.3 Å². The van der Waals surface area contributed by atoms with Crippen molar-refractivity contribution in [3.63, 3.8) is 0 Å². The van der Waals surface area contributed by atoms with Gasteiger partial charge in [0.15, 0.2) is 0 Å². The van der Waals surface area contributed by atoms with Crippen LogP contribution in [0.1, 0.15) is 19.4 Å². The zero-order chi connectivity index (χ0) is 12.9. The number of hydrogen-bond acceptors (Lipinski definition) is 3. The highest BCUT2D eigenvalue weighted by atomic mass is 16.5. The van der Waals surface area contributed by atoms with Gasteiger partial charge in [0.25, 0.3) is 0 Å². The van der Waals surface area contributed by atoms with Crippen LogP contribution in [0.2, 0.25) is 0 Å². The maximum atomic E-state index is 11.4. The van der Waals surface area contributed by atoms with Gasteiger partial charge in [0.2, 0.25) is 5.91 Å². The van der Waals surface area contributed by atoms with Gasteiger partial charge < -0.3 is 15.8 Å². The predicted molar refractivity (Wildman–Crippen MR) is 68.0 cm³/mol. The standard InChI is InChI=1S/C13H20N2O2/c1-4-15-13(3,12(14)16)9-17-11-7-5-6-10(2)8-11/h5-8,15H,4,9H2,1-3H3,(H2,14,16). The zero-order valence-electron chi connectivity index (χ0n) is 10.6. The minimum absolute atomic E-state index is 0.222. The lowest BCUT2D eigenvalue weighted by molar-refractivity contribution is -0.124. The molecule has 0 fully saturated rings. The molecule has 0 saturated carbocycles. The molecule has 1 amide bonds. The van der Waals surface area contributed by atoms with Gasteiger partial charge in [-0.2, -0.15) is 0 Å². The van der Waals surface area contributed by atoms with Crippen molar-refractivity contribution in [3.05, 3.63) is 29.8 Å². The highest BCUT2D eigenvalue weighted by Gasteiger charge is 2.30. The van der Waals surface area contributed by atoms with Crippen LogP contribution in [0.5, 0.6) is 5.75 Å². The lowest BCUT2D eigenvalue weighted by Gasteiger charge is -2.26. The van der Waals surface area contributed by atoms with Crippen LogP contribution < -0.4 is 15.8 Å². The molecule has 17 heavy (non-hydrogen) atoms. The first-order valence-electron chi connectivity index (χ1n) is 5.72. The molecule has 0 heterocycles. The summed E-state index contributed by atoms with van der Waals surface area (Å²) in [5.41, 5.74) is 5.65. The molecule has 0 bridgehead atoms. The number of carbonyl (C=O) groups is 1. The quantitative estimate of drug-likeness (QED) is 0.780. The van der Waals surface area contributed by atoms with E-state index in [4.69, 9.17) is 10.5 Å². The first kappa shape index (κ1) is 13.5. The number of aryl methyl sites for hydroxylation is 1. The summed E-state index contributed by atoms with van der Waals surface area (Å²) in [6.07, 6.45) is 0. The van der Waals surface area contributed by atoms with Gasteiger partial charge in [-0.05, 0) is 38.1 Å². The molecule has 1 unspecified atom stereocenters. The smallest absolute Gasteiger partial charge is 0.240 e. The van der Waals surface area contributed by atoms with Crippen LogP contribution in [0.25, 0.3) is 0 Å². The van der Waals surface area contributed by atoms with Gasteiger partial charge in [-0.15, -0.1) is 0 Å². The van der Waals surface area contributed by atoms with Crippen molar-refractivity contribution < 1.29 is 9.53 Å². The molecular formula is C13H20N2O2. The SMILES string of the molecule is CCNC(C)(COc1cccc(C)c1)C(N)=O. The molecule has 94 valence electrons. The van der Waals surface area contributed by atoms with E-state index in [0.29, 0.717) is 6.54 Å². The third kappa shape index (κ3) is 3.75. The fraction of sp³-hybridized carbons (Fsp3) is 0.462. The number of nitrogens with two attached hydrogens (primary N) is 1. The molecular weight excluding hydrogens is 216 g/mol. The van der Waals surface area contributed by atoms with Gasteiger partial charge in [0.1, 0.15) is 17.9 Å². The van der Waals surface area contributed by atoms with Crippen molar-refractivity contribution in [3.8, 4) is 5.75 Å². The normalized spacial score (nSPS) is 14.1. The zero-order valence-corrected chi connectivity index (χ0v) is 10.6. The summed E-state index contributed by atoms with van der Waals surface area (Å²) in [6.45, 7) is 6.54. The Morgan fingerprint density at radius 1 is 1.53 bits per heavy atom.